The molecule has 33 heavy (non-hydrogen) atoms. The highest BCUT2D eigenvalue weighted by molar-refractivity contribution is 7.90. The van der Waals surface area contributed by atoms with Crippen LogP contribution in [0.4, 0.5) is 5.69 Å². The van der Waals surface area contributed by atoms with Crippen molar-refractivity contribution in [2.75, 3.05) is 37.6 Å². The fraction of sp³-hybridized carbons (Fsp3) is 0.250. The van der Waals surface area contributed by atoms with Crippen LogP contribution in [-0.2, 0) is 20.4 Å². The number of nitrogens with zero attached hydrogens (tertiary/aromatic N) is 2. The first kappa shape index (κ1) is 22.6. The number of carbonyl (C=O) groups excluding carboxylic acids is 2. The van der Waals surface area contributed by atoms with E-state index in [9.17, 15) is 18.0 Å². The summed E-state index contributed by atoms with van der Waals surface area (Å²) in [5.74, 6) is -1.28. The Hall–Kier alpha value is -3.59. The molecule has 1 aliphatic heterocycles. The minimum absolute atomic E-state index is 0.101. The van der Waals surface area contributed by atoms with Gasteiger partial charge in [0.05, 0.1) is 23.5 Å². The van der Waals surface area contributed by atoms with E-state index in [2.05, 4.69) is 10.2 Å². The number of hydrogen-bond acceptors (Lipinski definition) is 6. The molecular formula is C24H25N3O5S. The summed E-state index contributed by atoms with van der Waals surface area (Å²) < 4.78 is 30.5. The quantitative estimate of drug-likeness (QED) is 0.573. The Morgan fingerprint density at radius 2 is 1.52 bits per heavy atom. The van der Waals surface area contributed by atoms with Gasteiger partial charge in [0.25, 0.3) is 5.91 Å². The molecule has 0 spiro atoms. The Labute approximate surface area is 192 Å². The summed E-state index contributed by atoms with van der Waals surface area (Å²) in [4.78, 5) is 29.3. The van der Waals surface area contributed by atoms with Crippen molar-refractivity contribution in [1.82, 2.24) is 10.2 Å². The van der Waals surface area contributed by atoms with Crippen molar-refractivity contribution in [3.63, 3.8) is 0 Å². The van der Waals surface area contributed by atoms with Crippen LogP contribution < -0.4 is 10.2 Å². The number of amides is 2. The normalized spacial score (nSPS) is 14.2. The first-order valence-electron chi connectivity index (χ1n) is 10.6. The number of piperazine rings is 1. The predicted octanol–water partition coefficient (Wildman–Crippen LogP) is 2.33. The molecule has 2 heterocycles. The van der Waals surface area contributed by atoms with Crippen LogP contribution in [0.3, 0.4) is 0 Å². The van der Waals surface area contributed by atoms with Gasteiger partial charge in [0, 0.05) is 37.4 Å². The second kappa shape index (κ2) is 9.91. The third-order valence-electron chi connectivity index (χ3n) is 5.55. The fourth-order valence-electron chi connectivity index (χ4n) is 3.77. The number of nitrogens with one attached hydrogen (secondary N) is 1. The van der Waals surface area contributed by atoms with Crippen molar-refractivity contribution in [3.05, 3.63) is 84.3 Å². The number of para-hydroxylation sites is 1. The van der Waals surface area contributed by atoms with Crippen LogP contribution in [-0.4, -0.2) is 57.9 Å². The molecule has 0 radical (unpaired) electrons. The molecule has 1 fully saturated rings. The van der Waals surface area contributed by atoms with Crippen LogP contribution in [0.15, 0.2) is 82.3 Å². The first-order valence-corrected chi connectivity index (χ1v) is 12.3. The molecule has 3 aromatic rings. The summed E-state index contributed by atoms with van der Waals surface area (Å²) in [5, 5.41) is 2.56. The van der Waals surface area contributed by atoms with E-state index in [4.69, 9.17) is 4.42 Å². The molecule has 2 aromatic carbocycles. The molecule has 1 aromatic heterocycles. The average Bonchev–Trinajstić information content (AvgIpc) is 3.31. The molecule has 172 valence electrons. The number of hydrogen-bond donors (Lipinski definition) is 1. The van der Waals surface area contributed by atoms with Crippen LogP contribution >= 0.6 is 0 Å². The molecule has 2 amide bonds. The van der Waals surface area contributed by atoms with E-state index >= 15 is 0 Å². The van der Waals surface area contributed by atoms with Gasteiger partial charge in [-0.05, 0) is 30.3 Å². The molecular weight excluding hydrogens is 442 g/mol. The Morgan fingerprint density at radius 1 is 0.879 bits per heavy atom. The number of sulfone groups is 1. The van der Waals surface area contributed by atoms with Gasteiger partial charge in [-0.25, -0.2) is 8.42 Å². The average molecular weight is 468 g/mol. The van der Waals surface area contributed by atoms with Crippen molar-refractivity contribution in [1.29, 1.82) is 0 Å². The zero-order valence-corrected chi connectivity index (χ0v) is 18.8. The molecule has 8 nitrogen and oxygen atoms in total. The molecule has 1 saturated heterocycles. The highest BCUT2D eigenvalue weighted by atomic mass is 32.2. The smallest absolute Gasteiger partial charge is 0.287 e. The number of furan rings is 1. The summed E-state index contributed by atoms with van der Waals surface area (Å²) in [7, 11) is -3.64. The van der Waals surface area contributed by atoms with Crippen molar-refractivity contribution >= 4 is 27.3 Å². The predicted molar refractivity (Wildman–Crippen MR) is 124 cm³/mol. The van der Waals surface area contributed by atoms with E-state index in [0.29, 0.717) is 26.2 Å². The van der Waals surface area contributed by atoms with Crippen molar-refractivity contribution < 1.29 is 22.4 Å². The molecule has 0 saturated carbocycles. The van der Waals surface area contributed by atoms with E-state index < -0.39 is 15.7 Å². The maximum Gasteiger partial charge on any atom is 0.287 e. The standard InChI is InChI=1S/C24H25N3O5S/c28-22(27-14-12-26(13-15-27)20-7-3-1-4-8-20)17-25-24(29)23-19(11-16-32-23)18-33(30,31)21-9-5-2-6-10-21/h1-11,16H,12-15,17-18H2,(H,25,29). The van der Waals surface area contributed by atoms with E-state index in [1.165, 1.54) is 24.5 Å². The first-order chi connectivity index (χ1) is 15.9. The van der Waals surface area contributed by atoms with Gasteiger partial charge in [0.15, 0.2) is 15.6 Å². The molecule has 0 bridgehead atoms. The van der Waals surface area contributed by atoms with Gasteiger partial charge >= 0.3 is 0 Å². The Balaban J connectivity index is 1.31. The molecule has 4 rings (SSSR count). The fourth-order valence-corrected chi connectivity index (χ4v) is 5.14. The van der Waals surface area contributed by atoms with Gasteiger partial charge in [-0.2, -0.15) is 0 Å². The summed E-state index contributed by atoms with van der Waals surface area (Å²) >= 11 is 0. The van der Waals surface area contributed by atoms with Crippen LogP contribution in [0.25, 0.3) is 0 Å². The monoisotopic (exact) mass is 467 g/mol. The Morgan fingerprint density at radius 3 is 2.18 bits per heavy atom. The summed E-state index contributed by atoms with van der Waals surface area (Å²) in [6.07, 6.45) is 1.27. The molecule has 0 atom stereocenters. The zero-order valence-electron chi connectivity index (χ0n) is 18.0. The minimum Gasteiger partial charge on any atom is -0.459 e. The third-order valence-corrected chi connectivity index (χ3v) is 7.24. The van der Waals surface area contributed by atoms with E-state index in [-0.39, 0.29) is 34.4 Å². The van der Waals surface area contributed by atoms with Crippen molar-refractivity contribution in [2.24, 2.45) is 0 Å². The highest BCUT2D eigenvalue weighted by Crippen LogP contribution is 2.20. The van der Waals surface area contributed by atoms with E-state index in [0.717, 1.165) is 5.69 Å². The molecule has 1 N–H and O–H groups in total. The molecule has 0 aliphatic carbocycles. The van der Waals surface area contributed by atoms with Gasteiger partial charge < -0.3 is 19.5 Å². The Bertz CT molecular complexity index is 1200. The van der Waals surface area contributed by atoms with Crippen molar-refractivity contribution in [3.8, 4) is 0 Å². The van der Waals surface area contributed by atoms with Crippen LogP contribution in [0.1, 0.15) is 16.1 Å². The van der Waals surface area contributed by atoms with Gasteiger partial charge in [-0.1, -0.05) is 36.4 Å². The van der Waals surface area contributed by atoms with E-state index in [1.54, 1.807) is 23.1 Å². The van der Waals surface area contributed by atoms with Gasteiger partial charge in [-0.15, -0.1) is 0 Å². The van der Waals surface area contributed by atoms with E-state index in [1.807, 2.05) is 30.3 Å². The summed E-state index contributed by atoms with van der Waals surface area (Å²) in [6, 6.07) is 19.5. The van der Waals surface area contributed by atoms with Crippen molar-refractivity contribution in [2.45, 2.75) is 10.6 Å². The maximum absolute atomic E-state index is 12.6. The zero-order chi connectivity index (χ0) is 23.3. The van der Waals surface area contributed by atoms with Crippen LogP contribution in [0, 0.1) is 0 Å². The SMILES string of the molecule is O=C(NCC(=O)N1CCN(c2ccccc2)CC1)c1occc1CS(=O)(=O)c1ccccc1. The second-order valence-electron chi connectivity index (χ2n) is 7.73. The van der Waals surface area contributed by atoms with Gasteiger partial charge in [-0.3, -0.25) is 9.59 Å². The molecule has 0 unspecified atom stereocenters. The lowest BCUT2D eigenvalue weighted by atomic mass is 10.2. The number of benzene rings is 2. The lowest BCUT2D eigenvalue weighted by Crippen LogP contribution is -2.51. The number of anilines is 1. The molecule has 9 heteroatoms. The minimum atomic E-state index is -3.64. The summed E-state index contributed by atoms with van der Waals surface area (Å²) in [5.41, 5.74) is 1.37. The van der Waals surface area contributed by atoms with Gasteiger partial charge in [0.1, 0.15) is 0 Å². The molecule has 1 aliphatic rings. The summed E-state index contributed by atoms with van der Waals surface area (Å²) in [6.45, 7) is 2.36. The van der Waals surface area contributed by atoms with Gasteiger partial charge in [0.2, 0.25) is 5.91 Å². The maximum atomic E-state index is 12.6. The van der Waals surface area contributed by atoms with Crippen LogP contribution in [0.2, 0.25) is 0 Å². The largest absolute Gasteiger partial charge is 0.459 e. The second-order valence-corrected chi connectivity index (χ2v) is 9.72. The Kier molecular flexibility index (Phi) is 6.79. The highest BCUT2D eigenvalue weighted by Gasteiger charge is 2.25. The number of carbonyl (C=O) groups is 2. The lowest BCUT2D eigenvalue weighted by Gasteiger charge is -2.36. The topological polar surface area (TPSA) is 99.9 Å². The third kappa shape index (κ3) is 5.43. The lowest BCUT2D eigenvalue weighted by molar-refractivity contribution is -0.130. The van der Waals surface area contributed by atoms with Crippen LogP contribution in [0.5, 0.6) is 0 Å². The number of rotatable bonds is 7.